The van der Waals surface area contributed by atoms with Crippen LogP contribution in [-0.2, 0) is 18.3 Å². The quantitative estimate of drug-likeness (QED) is 0.818. The minimum absolute atomic E-state index is 0.00393. The lowest BCUT2D eigenvalue weighted by Gasteiger charge is -1.98. The fraction of sp³-hybridized carbons (Fsp3) is 0.273. The van der Waals surface area contributed by atoms with Crippen LogP contribution in [0.3, 0.4) is 0 Å². The van der Waals surface area contributed by atoms with Gasteiger partial charge in [-0.05, 0) is 19.1 Å². The van der Waals surface area contributed by atoms with Gasteiger partial charge < -0.3 is 10.1 Å². The highest BCUT2D eigenvalue weighted by Gasteiger charge is 2.16. The van der Waals surface area contributed by atoms with Crippen LogP contribution in [0.1, 0.15) is 11.3 Å². The number of carboxylic acid groups (broad SMARTS) is 1. The number of rotatable bonds is 3. The third-order valence-electron chi connectivity index (χ3n) is 2.60. The van der Waals surface area contributed by atoms with Crippen molar-refractivity contribution in [3.05, 3.63) is 29.6 Å². The summed E-state index contributed by atoms with van der Waals surface area (Å²) in [7, 11) is 1.76. The van der Waals surface area contributed by atoms with Crippen molar-refractivity contribution in [2.24, 2.45) is 7.05 Å². The Morgan fingerprint density at radius 3 is 2.94 bits per heavy atom. The van der Waals surface area contributed by atoms with Crippen molar-refractivity contribution in [1.82, 2.24) is 14.8 Å². The molecule has 0 bridgehead atoms. The van der Waals surface area contributed by atoms with Gasteiger partial charge in [0.25, 0.3) is 0 Å². The van der Waals surface area contributed by atoms with E-state index in [-0.39, 0.29) is 6.42 Å². The first-order valence-electron chi connectivity index (χ1n) is 4.97. The van der Waals surface area contributed by atoms with Gasteiger partial charge in [0.05, 0.1) is 17.8 Å². The van der Waals surface area contributed by atoms with Crippen molar-refractivity contribution < 1.29 is 9.90 Å². The van der Waals surface area contributed by atoms with Crippen molar-refractivity contribution in [2.75, 3.05) is 0 Å². The Labute approximate surface area is 92.7 Å². The third kappa shape index (κ3) is 1.71. The smallest absolute Gasteiger partial charge is 0.309 e. The van der Waals surface area contributed by atoms with E-state index in [0.717, 1.165) is 22.6 Å². The molecule has 0 aliphatic rings. The van der Waals surface area contributed by atoms with Crippen molar-refractivity contribution >= 4 is 5.97 Å². The number of nitrogens with zero attached hydrogens (tertiary/aromatic N) is 2. The molecule has 0 aliphatic carbocycles. The lowest BCUT2D eigenvalue weighted by molar-refractivity contribution is -0.136. The fourth-order valence-electron chi connectivity index (χ4n) is 1.79. The van der Waals surface area contributed by atoms with Gasteiger partial charge in [0, 0.05) is 18.8 Å². The summed E-state index contributed by atoms with van der Waals surface area (Å²) in [5.41, 5.74) is 3.36. The zero-order valence-corrected chi connectivity index (χ0v) is 9.19. The number of H-pyrrole nitrogens is 1. The topological polar surface area (TPSA) is 70.9 Å². The van der Waals surface area contributed by atoms with Crippen molar-refractivity contribution in [3.8, 4) is 11.4 Å². The Morgan fingerprint density at radius 2 is 2.38 bits per heavy atom. The van der Waals surface area contributed by atoms with Crippen molar-refractivity contribution in [3.63, 3.8) is 0 Å². The standard InChI is InChI=1S/C11H13N3O2/c1-7-9(6-10(15)16)14(2)13-11(7)8-4-3-5-12-8/h3-5,12H,6H2,1-2H3,(H,15,16). The van der Waals surface area contributed by atoms with Gasteiger partial charge in [0.2, 0.25) is 0 Å². The number of carbonyl (C=O) groups is 1. The fourth-order valence-corrected chi connectivity index (χ4v) is 1.79. The number of carboxylic acids is 1. The number of hydrogen-bond acceptors (Lipinski definition) is 2. The van der Waals surface area contributed by atoms with E-state index < -0.39 is 5.97 Å². The van der Waals surface area contributed by atoms with Crippen LogP contribution in [0.25, 0.3) is 11.4 Å². The summed E-state index contributed by atoms with van der Waals surface area (Å²) in [5.74, 6) is -0.843. The Bertz CT molecular complexity index is 512. The minimum Gasteiger partial charge on any atom is -0.481 e. The Hall–Kier alpha value is -2.04. The van der Waals surface area contributed by atoms with Gasteiger partial charge in [-0.1, -0.05) is 0 Å². The van der Waals surface area contributed by atoms with E-state index >= 15 is 0 Å². The normalized spacial score (nSPS) is 10.6. The summed E-state index contributed by atoms with van der Waals surface area (Å²) < 4.78 is 1.62. The molecule has 2 aromatic heterocycles. The second-order valence-electron chi connectivity index (χ2n) is 3.70. The minimum atomic E-state index is -0.843. The molecular weight excluding hydrogens is 206 g/mol. The zero-order valence-electron chi connectivity index (χ0n) is 9.19. The predicted octanol–water partition coefficient (Wildman–Crippen LogP) is 1.35. The first kappa shape index (κ1) is 10.5. The van der Waals surface area contributed by atoms with E-state index in [1.165, 1.54) is 0 Å². The van der Waals surface area contributed by atoms with Crippen LogP contribution in [0.4, 0.5) is 0 Å². The van der Waals surface area contributed by atoms with Crippen LogP contribution in [0.2, 0.25) is 0 Å². The molecule has 2 rings (SSSR count). The van der Waals surface area contributed by atoms with Gasteiger partial charge in [0.1, 0.15) is 5.69 Å². The number of aryl methyl sites for hydroxylation is 1. The maximum Gasteiger partial charge on any atom is 0.309 e. The summed E-state index contributed by atoms with van der Waals surface area (Å²) in [6.45, 7) is 1.89. The second-order valence-corrected chi connectivity index (χ2v) is 3.70. The summed E-state index contributed by atoms with van der Waals surface area (Å²) in [6.07, 6.45) is 1.82. The molecule has 0 aliphatic heterocycles. The number of aliphatic carboxylic acids is 1. The van der Waals surface area contributed by atoms with E-state index in [2.05, 4.69) is 10.1 Å². The lowest BCUT2D eigenvalue weighted by Crippen LogP contribution is -2.06. The molecule has 0 radical (unpaired) electrons. The van der Waals surface area contributed by atoms with Crippen LogP contribution >= 0.6 is 0 Å². The molecule has 2 heterocycles. The van der Waals surface area contributed by atoms with Gasteiger partial charge in [0.15, 0.2) is 0 Å². The lowest BCUT2D eigenvalue weighted by atomic mass is 10.1. The molecule has 0 atom stereocenters. The largest absolute Gasteiger partial charge is 0.481 e. The highest BCUT2D eigenvalue weighted by atomic mass is 16.4. The molecular formula is C11H13N3O2. The third-order valence-corrected chi connectivity index (χ3v) is 2.60. The van der Waals surface area contributed by atoms with E-state index in [0.29, 0.717) is 0 Å². The van der Waals surface area contributed by atoms with E-state index in [9.17, 15) is 4.79 Å². The number of hydrogen-bond donors (Lipinski definition) is 2. The Kier molecular flexibility index (Phi) is 2.52. The van der Waals surface area contributed by atoms with Crippen molar-refractivity contribution in [2.45, 2.75) is 13.3 Å². The average Bonchev–Trinajstić information content (AvgIpc) is 2.80. The van der Waals surface area contributed by atoms with E-state index in [1.54, 1.807) is 11.7 Å². The first-order chi connectivity index (χ1) is 7.59. The Balaban J connectivity index is 2.46. The average molecular weight is 219 g/mol. The molecule has 0 fully saturated rings. The molecule has 0 saturated carbocycles. The summed E-state index contributed by atoms with van der Waals surface area (Å²) >= 11 is 0. The van der Waals surface area contributed by atoms with Crippen LogP contribution < -0.4 is 0 Å². The molecule has 0 amide bonds. The summed E-state index contributed by atoms with van der Waals surface area (Å²) in [5, 5.41) is 13.1. The van der Waals surface area contributed by atoms with Gasteiger partial charge in [-0.2, -0.15) is 5.10 Å². The number of aromatic nitrogens is 3. The van der Waals surface area contributed by atoms with Crippen LogP contribution in [0.15, 0.2) is 18.3 Å². The van der Waals surface area contributed by atoms with Gasteiger partial charge in [-0.3, -0.25) is 9.48 Å². The molecule has 2 N–H and O–H groups in total. The molecule has 84 valence electrons. The van der Waals surface area contributed by atoms with Crippen LogP contribution in [0, 0.1) is 6.92 Å². The molecule has 16 heavy (non-hydrogen) atoms. The first-order valence-corrected chi connectivity index (χ1v) is 4.97. The predicted molar refractivity (Wildman–Crippen MR) is 59.1 cm³/mol. The van der Waals surface area contributed by atoms with E-state index in [1.807, 2.05) is 25.3 Å². The maximum atomic E-state index is 10.7. The molecule has 0 spiro atoms. The molecule has 0 aromatic carbocycles. The number of aromatic amines is 1. The molecule has 2 aromatic rings. The summed E-state index contributed by atoms with van der Waals surface area (Å²) in [6, 6.07) is 3.81. The maximum absolute atomic E-state index is 10.7. The van der Waals surface area contributed by atoms with Gasteiger partial charge >= 0.3 is 5.97 Å². The Morgan fingerprint density at radius 1 is 1.62 bits per heavy atom. The van der Waals surface area contributed by atoms with Crippen molar-refractivity contribution in [1.29, 1.82) is 0 Å². The van der Waals surface area contributed by atoms with Crippen LogP contribution in [-0.4, -0.2) is 25.8 Å². The highest BCUT2D eigenvalue weighted by molar-refractivity contribution is 5.72. The van der Waals surface area contributed by atoms with E-state index in [4.69, 9.17) is 5.11 Å². The van der Waals surface area contributed by atoms with Gasteiger partial charge in [-0.25, -0.2) is 0 Å². The molecule has 5 nitrogen and oxygen atoms in total. The molecule has 5 heteroatoms. The molecule has 0 unspecified atom stereocenters. The molecule has 0 saturated heterocycles. The second kappa shape index (κ2) is 3.84. The van der Waals surface area contributed by atoms with Gasteiger partial charge in [-0.15, -0.1) is 0 Å². The highest BCUT2D eigenvalue weighted by Crippen LogP contribution is 2.22. The van der Waals surface area contributed by atoms with Crippen LogP contribution in [0.5, 0.6) is 0 Å². The number of nitrogens with one attached hydrogen (secondary N) is 1. The monoisotopic (exact) mass is 219 g/mol. The zero-order chi connectivity index (χ0) is 11.7. The summed E-state index contributed by atoms with van der Waals surface area (Å²) in [4.78, 5) is 13.8. The SMILES string of the molecule is Cc1c(-c2ccc[nH]2)nn(C)c1CC(=O)O.